The van der Waals surface area contributed by atoms with Gasteiger partial charge in [-0.2, -0.15) is 17.5 Å². The number of halogens is 3. The number of sulfonamides is 1. The van der Waals surface area contributed by atoms with Gasteiger partial charge >= 0.3 is 15.5 Å². The number of ether oxygens (including phenoxy) is 1. The van der Waals surface area contributed by atoms with Gasteiger partial charge in [0.2, 0.25) is 0 Å². The maximum absolute atomic E-state index is 12.2. The van der Waals surface area contributed by atoms with Crippen molar-refractivity contribution in [2.75, 3.05) is 19.7 Å². The van der Waals surface area contributed by atoms with Gasteiger partial charge in [-0.25, -0.2) is 8.42 Å². The predicted molar refractivity (Wildman–Crippen MR) is 49.9 cm³/mol. The largest absolute Gasteiger partial charge is 0.511 e. The lowest BCUT2D eigenvalue weighted by atomic mass is 10.2. The molecule has 0 aliphatic carbocycles. The molecule has 96 valence electrons. The van der Waals surface area contributed by atoms with Crippen LogP contribution in [0, 0.1) is 0 Å². The minimum Gasteiger partial charge on any atom is -0.374 e. The summed E-state index contributed by atoms with van der Waals surface area (Å²) in [6.07, 6.45) is -0.703. The zero-order chi connectivity index (χ0) is 12.6. The van der Waals surface area contributed by atoms with E-state index < -0.39 is 27.7 Å². The molecule has 0 aromatic carbocycles. The molecule has 0 bridgehead atoms. The second-order valence-electron chi connectivity index (χ2n) is 3.58. The number of alkyl halides is 3. The second kappa shape index (κ2) is 4.47. The highest BCUT2D eigenvalue weighted by Gasteiger charge is 2.51. The summed E-state index contributed by atoms with van der Waals surface area (Å²) in [5, 5.41) is 0. The minimum atomic E-state index is -5.27. The molecule has 2 unspecified atom stereocenters. The molecule has 16 heavy (non-hydrogen) atoms. The summed E-state index contributed by atoms with van der Waals surface area (Å²) in [6, 6.07) is -0.522. The first-order valence-electron chi connectivity index (χ1n) is 4.60. The molecular formula is C7H13F3N2O3S. The van der Waals surface area contributed by atoms with Crippen LogP contribution >= 0.6 is 0 Å². The monoisotopic (exact) mass is 262 g/mol. The van der Waals surface area contributed by atoms with Crippen LogP contribution in [-0.4, -0.2) is 50.1 Å². The van der Waals surface area contributed by atoms with Gasteiger partial charge in [0.25, 0.3) is 0 Å². The lowest BCUT2D eigenvalue weighted by Crippen LogP contribution is -2.53. The summed E-state index contributed by atoms with van der Waals surface area (Å²) in [5.41, 5.74) is 0.183. The lowest BCUT2D eigenvalue weighted by molar-refractivity contribution is -0.0586. The molecule has 1 heterocycles. The van der Waals surface area contributed by atoms with Gasteiger partial charge in [0, 0.05) is 19.1 Å². The van der Waals surface area contributed by atoms with E-state index in [0.29, 0.717) is 4.31 Å². The van der Waals surface area contributed by atoms with Gasteiger partial charge in [-0.15, -0.1) is 0 Å². The van der Waals surface area contributed by atoms with Crippen LogP contribution in [0.5, 0.6) is 0 Å². The Balaban J connectivity index is 2.83. The van der Waals surface area contributed by atoms with E-state index in [-0.39, 0.29) is 19.7 Å². The van der Waals surface area contributed by atoms with Gasteiger partial charge in [-0.1, -0.05) is 0 Å². The first kappa shape index (κ1) is 13.7. The number of hydrogen-bond donors (Lipinski definition) is 1. The molecule has 1 fully saturated rings. The van der Waals surface area contributed by atoms with Crippen molar-refractivity contribution in [3.8, 4) is 0 Å². The molecule has 1 saturated heterocycles. The Hall–Kier alpha value is -0.380. The maximum Gasteiger partial charge on any atom is 0.511 e. The van der Waals surface area contributed by atoms with Crippen LogP contribution in [-0.2, 0) is 14.8 Å². The SMILES string of the molecule is CC(N)C1CN(S(=O)(=O)C(F)(F)F)CCO1. The Morgan fingerprint density at radius 2 is 2.06 bits per heavy atom. The Morgan fingerprint density at radius 3 is 2.50 bits per heavy atom. The van der Waals surface area contributed by atoms with Crippen LogP contribution in [0.1, 0.15) is 6.92 Å². The summed E-state index contributed by atoms with van der Waals surface area (Å²) in [4.78, 5) is 0. The Labute approximate surface area is 91.4 Å². The average Bonchev–Trinajstić information content (AvgIpc) is 2.16. The third-order valence-electron chi connectivity index (χ3n) is 2.28. The van der Waals surface area contributed by atoms with Gasteiger partial charge in [-0.3, -0.25) is 0 Å². The van der Waals surface area contributed by atoms with E-state index in [1.807, 2.05) is 0 Å². The van der Waals surface area contributed by atoms with E-state index in [4.69, 9.17) is 10.5 Å². The normalized spacial score (nSPS) is 26.7. The highest BCUT2D eigenvalue weighted by Crippen LogP contribution is 2.28. The highest BCUT2D eigenvalue weighted by atomic mass is 32.2. The van der Waals surface area contributed by atoms with E-state index in [2.05, 4.69) is 0 Å². The summed E-state index contributed by atoms with van der Waals surface area (Å²) in [6.45, 7) is 0.806. The molecule has 2 N–H and O–H groups in total. The smallest absolute Gasteiger partial charge is 0.374 e. The molecule has 0 aromatic heterocycles. The lowest BCUT2D eigenvalue weighted by Gasteiger charge is -2.34. The Morgan fingerprint density at radius 1 is 1.50 bits per heavy atom. The van der Waals surface area contributed by atoms with E-state index in [1.165, 1.54) is 0 Å². The van der Waals surface area contributed by atoms with Gasteiger partial charge in [0.15, 0.2) is 0 Å². The Bertz CT molecular complexity index is 341. The third-order valence-corrected chi connectivity index (χ3v) is 3.87. The van der Waals surface area contributed by atoms with Gasteiger partial charge in [0.05, 0.1) is 12.7 Å². The summed E-state index contributed by atoms with van der Waals surface area (Å²) in [7, 11) is -5.27. The van der Waals surface area contributed by atoms with Crippen LogP contribution in [0.4, 0.5) is 13.2 Å². The quantitative estimate of drug-likeness (QED) is 0.753. The molecule has 2 atom stereocenters. The number of rotatable bonds is 2. The fraction of sp³-hybridized carbons (Fsp3) is 1.00. The highest BCUT2D eigenvalue weighted by molar-refractivity contribution is 7.90. The standard InChI is InChI=1S/C7H13F3N2O3S/c1-5(11)6-4-12(2-3-15-6)16(13,14)7(8,9)10/h5-6H,2-4,11H2,1H3. The van der Waals surface area contributed by atoms with Crippen LogP contribution < -0.4 is 5.73 Å². The zero-order valence-corrected chi connectivity index (χ0v) is 9.38. The van der Waals surface area contributed by atoms with Crippen molar-refractivity contribution in [2.45, 2.75) is 24.6 Å². The van der Waals surface area contributed by atoms with Crippen LogP contribution in [0.3, 0.4) is 0 Å². The molecule has 1 aliphatic heterocycles. The van der Waals surface area contributed by atoms with E-state index >= 15 is 0 Å². The first-order valence-corrected chi connectivity index (χ1v) is 6.04. The predicted octanol–water partition coefficient (Wildman–Crippen LogP) is -0.116. The molecule has 0 radical (unpaired) electrons. The second-order valence-corrected chi connectivity index (χ2v) is 5.51. The van der Waals surface area contributed by atoms with Gasteiger partial charge < -0.3 is 10.5 Å². The van der Waals surface area contributed by atoms with Crippen molar-refractivity contribution in [3.05, 3.63) is 0 Å². The fourth-order valence-electron chi connectivity index (χ4n) is 1.33. The van der Waals surface area contributed by atoms with Crippen LogP contribution in [0.15, 0.2) is 0 Å². The number of morpholine rings is 1. The van der Waals surface area contributed by atoms with Gasteiger partial charge in [-0.05, 0) is 6.92 Å². The number of nitrogens with zero attached hydrogens (tertiary/aromatic N) is 1. The maximum atomic E-state index is 12.2. The number of nitrogens with two attached hydrogens (primary N) is 1. The van der Waals surface area contributed by atoms with E-state index in [1.54, 1.807) is 6.92 Å². The summed E-state index contributed by atoms with van der Waals surface area (Å²) in [5.74, 6) is 0. The van der Waals surface area contributed by atoms with Crippen molar-refractivity contribution < 1.29 is 26.3 Å². The van der Waals surface area contributed by atoms with Crippen LogP contribution in [0.2, 0.25) is 0 Å². The average molecular weight is 262 g/mol. The van der Waals surface area contributed by atoms with Crippen LogP contribution in [0.25, 0.3) is 0 Å². The Kier molecular flexibility index (Phi) is 3.83. The topological polar surface area (TPSA) is 72.6 Å². The molecule has 0 aromatic rings. The third kappa shape index (κ3) is 2.65. The number of hydrogen-bond acceptors (Lipinski definition) is 4. The molecule has 0 amide bonds. The molecule has 9 heteroatoms. The van der Waals surface area contributed by atoms with E-state index in [0.717, 1.165) is 0 Å². The molecule has 5 nitrogen and oxygen atoms in total. The fourth-order valence-corrected chi connectivity index (χ4v) is 2.28. The first-order chi connectivity index (χ1) is 7.16. The molecule has 0 saturated carbocycles. The molecular weight excluding hydrogens is 249 g/mol. The van der Waals surface area contributed by atoms with Crippen molar-refractivity contribution in [3.63, 3.8) is 0 Å². The zero-order valence-electron chi connectivity index (χ0n) is 8.57. The van der Waals surface area contributed by atoms with Crippen molar-refractivity contribution >= 4 is 10.0 Å². The molecule has 1 rings (SSSR count). The minimum absolute atomic E-state index is 0.0818. The summed E-state index contributed by atoms with van der Waals surface area (Å²) >= 11 is 0. The molecule has 0 spiro atoms. The summed E-state index contributed by atoms with van der Waals surface area (Å²) < 4.78 is 64.3. The molecule has 1 aliphatic rings. The van der Waals surface area contributed by atoms with Gasteiger partial charge in [0.1, 0.15) is 0 Å². The van der Waals surface area contributed by atoms with Crippen molar-refractivity contribution in [2.24, 2.45) is 5.73 Å². The van der Waals surface area contributed by atoms with E-state index in [9.17, 15) is 21.6 Å². The van der Waals surface area contributed by atoms with Crippen molar-refractivity contribution in [1.29, 1.82) is 0 Å². The van der Waals surface area contributed by atoms with Crippen molar-refractivity contribution in [1.82, 2.24) is 4.31 Å².